The van der Waals surface area contributed by atoms with Gasteiger partial charge in [-0.15, -0.1) is 0 Å². The van der Waals surface area contributed by atoms with Crippen LogP contribution in [0.3, 0.4) is 0 Å². The highest BCUT2D eigenvalue weighted by molar-refractivity contribution is 9.11. The Hall–Kier alpha value is -1.51. The van der Waals surface area contributed by atoms with Gasteiger partial charge in [-0.2, -0.15) is 5.26 Å². The highest BCUT2D eigenvalue weighted by atomic mass is 79.9. The molecular formula is C15H12Br2N2O. The topological polar surface area (TPSA) is 45.0 Å². The summed E-state index contributed by atoms with van der Waals surface area (Å²) in [5, 5.41) is 12.4. The molecule has 0 radical (unpaired) electrons. The number of anilines is 1. The first-order valence-electron chi connectivity index (χ1n) is 5.90. The van der Waals surface area contributed by atoms with E-state index in [9.17, 15) is 0 Å². The summed E-state index contributed by atoms with van der Waals surface area (Å²) in [7, 11) is 1.56. The number of ether oxygens (including phenoxy) is 1. The maximum atomic E-state index is 9.07. The van der Waals surface area contributed by atoms with Gasteiger partial charge in [0, 0.05) is 21.2 Å². The van der Waals surface area contributed by atoms with E-state index >= 15 is 0 Å². The maximum absolute atomic E-state index is 9.07. The summed E-state index contributed by atoms with van der Waals surface area (Å²) in [6, 6.07) is 13.7. The first-order chi connectivity index (χ1) is 9.63. The van der Waals surface area contributed by atoms with Crippen molar-refractivity contribution in [2.75, 3.05) is 12.4 Å². The van der Waals surface area contributed by atoms with E-state index in [4.69, 9.17) is 10.00 Å². The molecule has 0 atom stereocenters. The van der Waals surface area contributed by atoms with Crippen molar-refractivity contribution in [1.82, 2.24) is 0 Å². The molecule has 2 aromatic carbocycles. The zero-order chi connectivity index (χ0) is 14.5. The Morgan fingerprint density at radius 3 is 2.65 bits per heavy atom. The molecule has 0 unspecified atom stereocenters. The summed E-state index contributed by atoms with van der Waals surface area (Å²) in [4.78, 5) is 0. The molecule has 0 aliphatic heterocycles. The quantitative estimate of drug-likeness (QED) is 0.815. The van der Waals surface area contributed by atoms with Crippen molar-refractivity contribution in [3.8, 4) is 11.8 Å². The maximum Gasteiger partial charge on any atom is 0.136 e. The molecule has 102 valence electrons. The van der Waals surface area contributed by atoms with E-state index in [1.807, 2.05) is 36.4 Å². The summed E-state index contributed by atoms with van der Waals surface area (Å²) in [6.45, 7) is 0.638. The van der Waals surface area contributed by atoms with Gasteiger partial charge < -0.3 is 10.1 Å². The van der Waals surface area contributed by atoms with Crippen LogP contribution in [0.4, 0.5) is 5.69 Å². The van der Waals surface area contributed by atoms with Crippen LogP contribution in [0.25, 0.3) is 0 Å². The van der Waals surface area contributed by atoms with Crippen LogP contribution in [0.1, 0.15) is 11.1 Å². The van der Waals surface area contributed by atoms with Crippen LogP contribution in [0, 0.1) is 11.3 Å². The minimum Gasteiger partial charge on any atom is -0.495 e. The van der Waals surface area contributed by atoms with Gasteiger partial charge >= 0.3 is 0 Å². The Morgan fingerprint density at radius 2 is 2.00 bits per heavy atom. The molecule has 20 heavy (non-hydrogen) atoms. The highest BCUT2D eigenvalue weighted by Crippen LogP contribution is 2.27. The lowest BCUT2D eigenvalue weighted by molar-refractivity contribution is 0.413. The van der Waals surface area contributed by atoms with Crippen LogP contribution in [-0.4, -0.2) is 7.11 Å². The molecule has 5 heteroatoms. The van der Waals surface area contributed by atoms with Gasteiger partial charge in [0.2, 0.25) is 0 Å². The standard InChI is InChI=1S/C15H12Br2N2O/c1-20-15-5-2-10(6-11(15)8-18)9-19-14-4-3-12(16)7-13(14)17/h2-7,19H,9H2,1H3. The van der Waals surface area contributed by atoms with E-state index in [2.05, 4.69) is 43.2 Å². The molecule has 0 amide bonds. The van der Waals surface area contributed by atoms with Crippen molar-refractivity contribution < 1.29 is 4.74 Å². The fourth-order valence-electron chi connectivity index (χ4n) is 1.78. The lowest BCUT2D eigenvalue weighted by Gasteiger charge is -2.10. The van der Waals surface area contributed by atoms with Gasteiger partial charge in [-0.1, -0.05) is 22.0 Å². The van der Waals surface area contributed by atoms with Gasteiger partial charge in [-0.3, -0.25) is 0 Å². The summed E-state index contributed by atoms with van der Waals surface area (Å²) < 4.78 is 7.14. The average Bonchev–Trinajstić information content (AvgIpc) is 2.46. The monoisotopic (exact) mass is 394 g/mol. The van der Waals surface area contributed by atoms with Crippen molar-refractivity contribution in [3.63, 3.8) is 0 Å². The van der Waals surface area contributed by atoms with Crippen LogP contribution in [0.2, 0.25) is 0 Å². The lowest BCUT2D eigenvalue weighted by Crippen LogP contribution is -2.01. The summed E-state index contributed by atoms with van der Waals surface area (Å²) in [5.41, 5.74) is 2.57. The van der Waals surface area contributed by atoms with E-state index in [1.54, 1.807) is 7.11 Å². The lowest BCUT2D eigenvalue weighted by atomic mass is 10.1. The second-order valence-electron chi connectivity index (χ2n) is 4.12. The first-order valence-corrected chi connectivity index (χ1v) is 7.48. The Bertz CT molecular complexity index is 665. The third-order valence-corrected chi connectivity index (χ3v) is 3.95. The van der Waals surface area contributed by atoms with Crippen LogP contribution in [0.15, 0.2) is 45.3 Å². The largest absolute Gasteiger partial charge is 0.495 e. The van der Waals surface area contributed by atoms with Crippen molar-refractivity contribution in [1.29, 1.82) is 5.26 Å². The van der Waals surface area contributed by atoms with Gasteiger partial charge in [0.15, 0.2) is 0 Å². The normalized spacial score (nSPS) is 9.90. The Labute approximate surface area is 134 Å². The van der Waals surface area contributed by atoms with Crippen molar-refractivity contribution >= 4 is 37.5 Å². The number of nitriles is 1. The third kappa shape index (κ3) is 3.53. The number of methoxy groups -OCH3 is 1. The molecule has 2 rings (SSSR count). The van der Waals surface area contributed by atoms with Crippen LogP contribution in [-0.2, 0) is 6.54 Å². The number of nitrogens with one attached hydrogen (secondary N) is 1. The van der Waals surface area contributed by atoms with E-state index in [1.165, 1.54) is 0 Å². The van der Waals surface area contributed by atoms with Crippen molar-refractivity contribution in [3.05, 3.63) is 56.5 Å². The summed E-state index contributed by atoms with van der Waals surface area (Å²) >= 11 is 6.93. The molecule has 0 aromatic heterocycles. The van der Waals surface area contributed by atoms with Crippen molar-refractivity contribution in [2.24, 2.45) is 0 Å². The number of benzene rings is 2. The Morgan fingerprint density at radius 1 is 1.20 bits per heavy atom. The van der Waals surface area contributed by atoms with Gasteiger partial charge in [0.05, 0.1) is 12.7 Å². The number of nitrogens with zero attached hydrogens (tertiary/aromatic N) is 1. The van der Waals surface area contributed by atoms with Gasteiger partial charge in [-0.25, -0.2) is 0 Å². The predicted octanol–water partition coefficient (Wildman–Crippen LogP) is 4.70. The fourth-order valence-corrected chi connectivity index (χ4v) is 2.97. The van der Waals surface area contributed by atoms with Crippen LogP contribution < -0.4 is 10.1 Å². The number of halogens is 2. The number of rotatable bonds is 4. The van der Waals surface area contributed by atoms with E-state index in [0.717, 1.165) is 20.2 Å². The smallest absolute Gasteiger partial charge is 0.136 e. The Balaban J connectivity index is 2.13. The third-order valence-electron chi connectivity index (χ3n) is 2.80. The highest BCUT2D eigenvalue weighted by Gasteiger charge is 2.05. The molecular weight excluding hydrogens is 384 g/mol. The average molecular weight is 396 g/mol. The summed E-state index contributed by atoms with van der Waals surface area (Å²) in [6.07, 6.45) is 0. The van der Waals surface area contributed by atoms with E-state index in [-0.39, 0.29) is 0 Å². The molecule has 0 heterocycles. The van der Waals surface area contributed by atoms with Gasteiger partial charge in [-0.05, 0) is 51.8 Å². The van der Waals surface area contributed by atoms with Crippen LogP contribution >= 0.6 is 31.9 Å². The van der Waals surface area contributed by atoms with Crippen LogP contribution in [0.5, 0.6) is 5.75 Å². The second-order valence-corrected chi connectivity index (χ2v) is 5.89. The van der Waals surface area contributed by atoms with Crippen molar-refractivity contribution in [2.45, 2.75) is 6.54 Å². The molecule has 0 spiro atoms. The zero-order valence-electron chi connectivity index (χ0n) is 10.8. The Kier molecular flexibility index (Phi) is 5.05. The molecule has 2 aromatic rings. The minimum absolute atomic E-state index is 0.543. The molecule has 0 aliphatic carbocycles. The molecule has 0 saturated carbocycles. The first kappa shape index (κ1) is 14.9. The number of hydrogen-bond acceptors (Lipinski definition) is 3. The van der Waals surface area contributed by atoms with E-state index < -0.39 is 0 Å². The second kappa shape index (κ2) is 6.78. The zero-order valence-corrected chi connectivity index (χ0v) is 14.0. The molecule has 0 saturated heterocycles. The fraction of sp³-hybridized carbons (Fsp3) is 0.133. The van der Waals surface area contributed by atoms with Gasteiger partial charge in [0.1, 0.15) is 11.8 Å². The molecule has 0 bridgehead atoms. The molecule has 0 fully saturated rings. The minimum atomic E-state index is 0.543. The van der Waals surface area contributed by atoms with Gasteiger partial charge in [0.25, 0.3) is 0 Å². The molecule has 3 nitrogen and oxygen atoms in total. The molecule has 1 N–H and O–H groups in total. The molecule has 0 aliphatic rings. The van der Waals surface area contributed by atoms with E-state index in [0.29, 0.717) is 17.9 Å². The number of hydrogen-bond donors (Lipinski definition) is 1. The summed E-state index contributed by atoms with van der Waals surface area (Å²) in [5.74, 6) is 0.598. The SMILES string of the molecule is COc1ccc(CNc2ccc(Br)cc2Br)cc1C#N. The predicted molar refractivity (Wildman–Crippen MR) is 86.9 cm³/mol.